The highest BCUT2D eigenvalue weighted by Gasteiger charge is 2.22. The first-order chi connectivity index (χ1) is 8.34. The van der Waals surface area contributed by atoms with Crippen molar-refractivity contribution in [1.82, 2.24) is 5.32 Å². The molecule has 2 aliphatic rings. The molecule has 2 nitrogen and oxygen atoms in total. The summed E-state index contributed by atoms with van der Waals surface area (Å²) >= 11 is 0. The molecule has 92 valence electrons. The molecule has 1 fully saturated rings. The van der Waals surface area contributed by atoms with Gasteiger partial charge in [0.05, 0.1) is 0 Å². The number of nitrogens with two attached hydrogens (primary N) is 1. The molecule has 1 unspecified atom stereocenters. The van der Waals surface area contributed by atoms with Crippen LogP contribution in [0.25, 0.3) is 0 Å². The molecule has 1 atom stereocenters. The SMILES string of the molecule is NC(c1ccc2c(c1)CCC2)C1CCNCC1. The highest BCUT2D eigenvalue weighted by Crippen LogP contribution is 2.30. The minimum absolute atomic E-state index is 0.239. The fourth-order valence-electron chi connectivity index (χ4n) is 3.27. The molecule has 0 radical (unpaired) electrons. The highest BCUT2D eigenvalue weighted by atomic mass is 14.9. The summed E-state index contributed by atoms with van der Waals surface area (Å²) in [6.45, 7) is 2.26. The first kappa shape index (κ1) is 11.2. The van der Waals surface area contributed by atoms with Crippen molar-refractivity contribution in [3.63, 3.8) is 0 Å². The van der Waals surface area contributed by atoms with Gasteiger partial charge in [0.1, 0.15) is 0 Å². The molecule has 0 aromatic heterocycles. The Balaban J connectivity index is 1.78. The lowest BCUT2D eigenvalue weighted by molar-refractivity contribution is 0.322. The molecular weight excluding hydrogens is 208 g/mol. The van der Waals surface area contributed by atoms with E-state index in [1.165, 1.54) is 37.7 Å². The van der Waals surface area contributed by atoms with Crippen molar-refractivity contribution in [2.24, 2.45) is 11.7 Å². The quantitative estimate of drug-likeness (QED) is 0.817. The first-order valence-electron chi connectivity index (χ1n) is 6.92. The third kappa shape index (κ3) is 2.24. The molecule has 3 rings (SSSR count). The van der Waals surface area contributed by atoms with Gasteiger partial charge in [0, 0.05) is 6.04 Å². The van der Waals surface area contributed by atoms with Crippen LogP contribution in [0.5, 0.6) is 0 Å². The number of hydrogen-bond donors (Lipinski definition) is 2. The average Bonchev–Trinajstić information content (AvgIpc) is 2.86. The van der Waals surface area contributed by atoms with Gasteiger partial charge in [0.2, 0.25) is 0 Å². The van der Waals surface area contributed by atoms with E-state index in [9.17, 15) is 0 Å². The second kappa shape index (κ2) is 4.79. The summed E-state index contributed by atoms with van der Waals surface area (Å²) in [4.78, 5) is 0. The summed E-state index contributed by atoms with van der Waals surface area (Å²) in [5.41, 5.74) is 10.9. The number of aryl methyl sites for hydroxylation is 2. The minimum Gasteiger partial charge on any atom is -0.324 e. The average molecular weight is 230 g/mol. The maximum Gasteiger partial charge on any atom is 0.0324 e. The zero-order chi connectivity index (χ0) is 11.7. The van der Waals surface area contributed by atoms with Crippen LogP contribution in [0, 0.1) is 5.92 Å². The van der Waals surface area contributed by atoms with Gasteiger partial charge in [-0.2, -0.15) is 0 Å². The molecule has 1 aromatic carbocycles. The first-order valence-corrected chi connectivity index (χ1v) is 6.92. The third-order valence-corrected chi connectivity index (χ3v) is 4.40. The molecule has 0 amide bonds. The van der Waals surface area contributed by atoms with Crippen molar-refractivity contribution >= 4 is 0 Å². The molecule has 1 heterocycles. The highest BCUT2D eigenvalue weighted by molar-refractivity contribution is 5.36. The predicted octanol–water partition coefficient (Wildman–Crippen LogP) is 2.17. The van der Waals surface area contributed by atoms with E-state index in [1.54, 1.807) is 11.1 Å². The van der Waals surface area contributed by atoms with Gasteiger partial charge in [-0.3, -0.25) is 0 Å². The van der Waals surface area contributed by atoms with Gasteiger partial charge in [-0.15, -0.1) is 0 Å². The van der Waals surface area contributed by atoms with Crippen LogP contribution in [0.4, 0.5) is 0 Å². The summed E-state index contributed by atoms with van der Waals surface area (Å²) in [6.07, 6.45) is 6.28. The van der Waals surface area contributed by atoms with Crippen LogP contribution in [-0.2, 0) is 12.8 Å². The van der Waals surface area contributed by atoms with Gasteiger partial charge in [-0.1, -0.05) is 18.2 Å². The minimum atomic E-state index is 0.239. The number of piperidine rings is 1. The maximum atomic E-state index is 6.44. The van der Waals surface area contributed by atoms with E-state index in [1.807, 2.05) is 0 Å². The van der Waals surface area contributed by atoms with Crippen molar-refractivity contribution in [3.05, 3.63) is 34.9 Å². The van der Waals surface area contributed by atoms with Crippen LogP contribution in [-0.4, -0.2) is 13.1 Å². The summed E-state index contributed by atoms with van der Waals surface area (Å²) in [5.74, 6) is 0.663. The lowest BCUT2D eigenvalue weighted by atomic mass is 9.86. The van der Waals surface area contributed by atoms with Crippen molar-refractivity contribution in [2.45, 2.75) is 38.1 Å². The second-order valence-corrected chi connectivity index (χ2v) is 5.49. The predicted molar refractivity (Wildman–Crippen MR) is 71.0 cm³/mol. The van der Waals surface area contributed by atoms with E-state index < -0.39 is 0 Å². The van der Waals surface area contributed by atoms with E-state index in [0.717, 1.165) is 13.1 Å². The Hall–Kier alpha value is -0.860. The molecule has 2 heteroatoms. The zero-order valence-corrected chi connectivity index (χ0v) is 10.4. The molecule has 17 heavy (non-hydrogen) atoms. The Bertz CT molecular complexity index is 394. The molecule has 1 saturated heterocycles. The number of rotatable bonds is 2. The van der Waals surface area contributed by atoms with E-state index in [4.69, 9.17) is 5.73 Å². The van der Waals surface area contributed by atoms with Crippen LogP contribution in [0.2, 0.25) is 0 Å². The second-order valence-electron chi connectivity index (χ2n) is 5.49. The van der Waals surface area contributed by atoms with Crippen molar-refractivity contribution < 1.29 is 0 Å². The molecule has 0 saturated carbocycles. The summed E-state index contributed by atoms with van der Waals surface area (Å²) in [6, 6.07) is 7.17. The zero-order valence-electron chi connectivity index (χ0n) is 10.4. The monoisotopic (exact) mass is 230 g/mol. The molecule has 3 N–H and O–H groups in total. The summed E-state index contributed by atoms with van der Waals surface area (Å²) < 4.78 is 0. The van der Waals surface area contributed by atoms with Gasteiger partial charge in [0.15, 0.2) is 0 Å². The fourth-order valence-corrected chi connectivity index (χ4v) is 3.27. The van der Waals surface area contributed by atoms with Crippen LogP contribution >= 0.6 is 0 Å². The van der Waals surface area contributed by atoms with E-state index >= 15 is 0 Å². The topological polar surface area (TPSA) is 38.0 Å². The third-order valence-electron chi connectivity index (χ3n) is 4.40. The van der Waals surface area contributed by atoms with Crippen LogP contribution in [0.1, 0.15) is 42.0 Å². The van der Waals surface area contributed by atoms with E-state index in [0.29, 0.717) is 5.92 Å². The lowest BCUT2D eigenvalue weighted by Gasteiger charge is -2.28. The molecule has 1 aliphatic carbocycles. The van der Waals surface area contributed by atoms with Crippen molar-refractivity contribution in [2.75, 3.05) is 13.1 Å². The largest absolute Gasteiger partial charge is 0.324 e. The Morgan fingerprint density at radius 1 is 1.12 bits per heavy atom. The van der Waals surface area contributed by atoms with Gasteiger partial charge in [-0.25, -0.2) is 0 Å². The fraction of sp³-hybridized carbons (Fsp3) is 0.600. The molecule has 0 bridgehead atoms. The lowest BCUT2D eigenvalue weighted by Crippen LogP contribution is -2.33. The van der Waals surface area contributed by atoms with Gasteiger partial charge >= 0.3 is 0 Å². The number of hydrogen-bond acceptors (Lipinski definition) is 2. The number of fused-ring (bicyclic) bond motifs is 1. The number of nitrogens with one attached hydrogen (secondary N) is 1. The van der Waals surface area contributed by atoms with Gasteiger partial charge in [0.25, 0.3) is 0 Å². The van der Waals surface area contributed by atoms with E-state index in [2.05, 4.69) is 23.5 Å². The van der Waals surface area contributed by atoms with Crippen molar-refractivity contribution in [3.8, 4) is 0 Å². The normalized spacial score (nSPS) is 22.4. The van der Waals surface area contributed by atoms with Crippen LogP contribution in [0.3, 0.4) is 0 Å². The van der Waals surface area contributed by atoms with Gasteiger partial charge in [-0.05, 0) is 67.8 Å². The van der Waals surface area contributed by atoms with Crippen LogP contribution < -0.4 is 11.1 Å². The Morgan fingerprint density at radius 2 is 1.88 bits per heavy atom. The Morgan fingerprint density at radius 3 is 2.71 bits per heavy atom. The van der Waals surface area contributed by atoms with E-state index in [-0.39, 0.29) is 6.04 Å². The number of benzene rings is 1. The summed E-state index contributed by atoms with van der Waals surface area (Å²) in [7, 11) is 0. The smallest absolute Gasteiger partial charge is 0.0324 e. The van der Waals surface area contributed by atoms with Crippen molar-refractivity contribution in [1.29, 1.82) is 0 Å². The van der Waals surface area contributed by atoms with Gasteiger partial charge < -0.3 is 11.1 Å². The summed E-state index contributed by atoms with van der Waals surface area (Å²) in [5, 5.41) is 3.41. The molecule has 0 spiro atoms. The Labute approximate surface area is 104 Å². The maximum absolute atomic E-state index is 6.44. The molecular formula is C15H22N2. The molecule has 1 aliphatic heterocycles. The van der Waals surface area contributed by atoms with Crippen LogP contribution in [0.15, 0.2) is 18.2 Å². The Kier molecular flexibility index (Phi) is 3.17. The standard InChI is InChI=1S/C15H22N2/c16-15(12-6-8-17-9-7-12)14-5-4-11-2-1-3-13(11)10-14/h4-5,10,12,15,17H,1-3,6-9,16H2. The molecule has 1 aromatic rings.